The largest absolute Gasteiger partial charge is 0.303 e. The van der Waals surface area contributed by atoms with Crippen LogP contribution in [0.4, 0.5) is 11.4 Å². The summed E-state index contributed by atoms with van der Waals surface area (Å²) in [5.41, 5.74) is 4.49. The van der Waals surface area contributed by atoms with Crippen molar-refractivity contribution in [1.82, 2.24) is 0 Å². The second kappa shape index (κ2) is 7.78. The molecule has 1 atom stereocenters. The predicted octanol–water partition coefficient (Wildman–Crippen LogP) is 6.61. The molecule has 0 fully saturated rings. The van der Waals surface area contributed by atoms with Crippen LogP contribution >= 0.6 is 23.2 Å². The van der Waals surface area contributed by atoms with E-state index in [-0.39, 0.29) is 11.9 Å². The second-order valence-corrected chi connectivity index (χ2v) is 7.59. The summed E-state index contributed by atoms with van der Waals surface area (Å²) >= 11 is 12.1. The van der Waals surface area contributed by atoms with E-state index >= 15 is 0 Å². The first-order valence-electron chi connectivity index (χ1n) is 9.01. The van der Waals surface area contributed by atoms with Gasteiger partial charge in [-0.25, -0.2) is 0 Å². The van der Waals surface area contributed by atoms with Crippen LogP contribution in [0.3, 0.4) is 0 Å². The van der Waals surface area contributed by atoms with Crippen LogP contribution in [0.25, 0.3) is 0 Å². The topological polar surface area (TPSA) is 32.7 Å². The molecule has 4 rings (SSSR count). The molecule has 3 nitrogen and oxygen atoms in total. The molecule has 0 radical (unpaired) electrons. The van der Waals surface area contributed by atoms with Gasteiger partial charge in [-0.2, -0.15) is 0 Å². The van der Waals surface area contributed by atoms with E-state index in [1.54, 1.807) is 6.92 Å². The van der Waals surface area contributed by atoms with Gasteiger partial charge in [0.15, 0.2) is 0 Å². The van der Waals surface area contributed by atoms with Crippen molar-refractivity contribution in [2.75, 3.05) is 4.90 Å². The van der Waals surface area contributed by atoms with Crippen LogP contribution in [0.2, 0.25) is 10.0 Å². The SMILES string of the molecule is CC(=O)N1c2ccccc2N=C(c2ccc(Cl)cc2)C[C@@H]1c1ccc(Cl)cc1. The zero-order chi connectivity index (χ0) is 19.7. The molecule has 1 aliphatic heterocycles. The number of para-hydroxylation sites is 2. The van der Waals surface area contributed by atoms with E-state index in [0.29, 0.717) is 16.5 Å². The Hall–Kier alpha value is -2.62. The van der Waals surface area contributed by atoms with Crippen molar-refractivity contribution < 1.29 is 4.79 Å². The van der Waals surface area contributed by atoms with Crippen molar-refractivity contribution >= 4 is 46.2 Å². The lowest BCUT2D eigenvalue weighted by Crippen LogP contribution is -2.33. The minimum atomic E-state index is -0.187. The lowest BCUT2D eigenvalue weighted by Gasteiger charge is -2.30. The zero-order valence-corrected chi connectivity index (χ0v) is 16.8. The highest BCUT2D eigenvalue weighted by Gasteiger charge is 2.30. The Morgan fingerprint density at radius 1 is 0.929 bits per heavy atom. The first-order valence-corrected chi connectivity index (χ1v) is 9.76. The number of aliphatic imine (C=N–C) groups is 1. The van der Waals surface area contributed by atoms with Crippen molar-refractivity contribution in [1.29, 1.82) is 0 Å². The number of rotatable bonds is 2. The fourth-order valence-corrected chi connectivity index (χ4v) is 3.81. The molecule has 5 heteroatoms. The molecule has 0 bridgehead atoms. The van der Waals surface area contributed by atoms with Gasteiger partial charge in [-0.15, -0.1) is 0 Å². The molecule has 0 spiro atoms. The average molecular weight is 409 g/mol. The van der Waals surface area contributed by atoms with Gasteiger partial charge in [-0.05, 0) is 47.5 Å². The van der Waals surface area contributed by atoms with Gasteiger partial charge in [-0.3, -0.25) is 9.79 Å². The van der Waals surface area contributed by atoms with E-state index in [0.717, 1.165) is 28.2 Å². The van der Waals surface area contributed by atoms with E-state index in [2.05, 4.69) is 0 Å². The number of benzene rings is 3. The van der Waals surface area contributed by atoms with Crippen LogP contribution in [-0.4, -0.2) is 11.6 Å². The van der Waals surface area contributed by atoms with Crippen LogP contribution < -0.4 is 4.90 Å². The maximum atomic E-state index is 12.7. The first-order chi connectivity index (χ1) is 13.5. The Morgan fingerprint density at radius 2 is 1.54 bits per heavy atom. The first kappa shape index (κ1) is 18.7. The van der Waals surface area contributed by atoms with Crippen LogP contribution in [0, 0.1) is 0 Å². The van der Waals surface area contributed by atoms with Gasteiger partial charge in [0, 0.05) is 23.4 Å². The highest BCUT2D eigenvalue weighted by molar-refractivity contribution is 6.31. The molecule has 1 amide bonds. The number of hydrogen-bond donors (Lipinski definition) is 0. The molecule has 0 saturated carbocycles. The van der Waals surface area contributed by atoms with E-state index in [9.17, 15) is 4.79 Å². The Labute approximate surface area is 174 Å². The van der Waals surface area contributed by atoms with Crippen LogP contribution in [0.5, 0.6) is 0 Å². The number of anilines is 1. The molecular weight excluding hydrogens is 391 g/mol. The average Bonchev–Trinajstić information content (AvgIpc) is 2.86. The van der Waals surface area contributed by atoms with Gasteiger partial charge in [0.25, 0.3) is 0 Å². The molecule has 0 N–H and O–H groups in total. The van der Waals surface area contributed by atoms with Gasteiger partial charge in [-0.1, -0.05) is 59.6 Å². The van der Waals surface area contributed by atoms with Crippen LogP contribution in [0.15, 0.2) is 77.8 Å². The Kier molecular flexibility index (Phi) is 5.21. The van der Waals surface area contributed by atoms with Gasteiger partial charge in [0.2, 0.25) is 5.91 Å². The van der Waals surface area contributed by atoms with Crippen molar-refractivity contribution in [2.24, 2.45) is 4.99 Å². The van der Waals surface area contributed by atoms with Crippen molar-refractivity contribution in [3.05, 3.63) is 94.0 Å². The zero-order valence-electron chi connectivity index (χ0n) is 15.3. The molecule has 140 valence electrons. The van der Waals surface area contributed by atoms with Crippen LogP contribution in [0.1, 0.15) is 30.5 Å². The maximum Gasteiger partial charge on any atom is 0.224 e. The molecule has 3 aromatic rings. The molecule has 1 heterocycles. The minimum Gasteiger partial charge on any atom is -0.303 e. The molecule has 1 aliphatic rings. The van der Waals surface area contributed by atoms with Crippen molar-refractivity contribution in [3.8, 4) is 0 Å². The molecule has 0 saturated heterocycles. The van der Waals surface area contributed by atoms with E-state index in [4.69, 9.17) is 28.2 Å². The van der Waals surface area contributed by atoms with Crippen molar-refractivity contribution in [2.45, 2.75) is 19.4 Å². The molecule has 3 aromatic carbocycles. The molecule has 0 aliphatic carbocycles. The summed E-state index contributed by atoms with van der Waals surface area (Å²) in [6.07, 6.45) is 0.581. The normalized spacial score (nSPS) is 16.2. The third-order valence-electron chi connectivity index (χ3n) is 4.87. The highest BCUT2D eigenvalue weighted by atomic mass is 35.5. The summed E-state index contributed by atoms with van der Waals surface area (Å²) < 4.78 is 0. The summed E-state index contributed by atoms with van der Waals surface area (Å²) in [7, 11) is 0. The number of nitrogens with zero attached hydrogens (tertiary/aromatic N) is 2. The highest BCUT2D eigenvalue weighted by Crippen LogP contribution is 2.40. The van der Waals surface area contributed by atoms with Crippen LogP contribution in [-0.2, 0) is 4.79 Å². The predicted molar refractivity (Wildman–Crippen MR) is 116 cm³/mol. The molecular formula is C23H18Cl2N2O. The van der Waals surface area contributed by atoms with E-state index < -0.39 is 0 Å². The fraction of sp³-hybridized carbons (Fsp3) is 0.130. The van der Waals surface area contributed by atoms with E-state index in [1.165, 1.54) is 0 Å². The number of fused-ring (bicyclic) bond motifs is 1. The third kappa shape index (κ3) is 3.68. The lowest BCUT2D eigenvalue weighted by atomic mass is 9.96. The monoisotopic (exact) mass is 408 g/mol. The van der Waals surface area contributed by atoms with Gasteiger partial charge >= 0.3 is 0 Å². The Morgan fingerprint density at radius 3 is 2.18 bits per heavy atom. The van der Waals surface area contributed by atoms with E-state index in [1.807, 2.05) is 77.7 Å². The number of carbonyl (C=O) groups excluding carboxylic acids is 1. The quantitative estimate of drug-likeness (QED) is 0.469. The summed E-state index contributed by atoms with van der Waals surface area (Å²) in [6, 6.07) is 22.8. The standard InChI is InChI=1S/C23H18Cl2N2O/c1-15(28)27-22-5-3-2-4-20(22)26-21(16-6-10-18(24)11-7-16)14-23(27)17-8-12-19(25)13-9-17/h2-13,23H,14H2,1H3/t23-/m1/s1. The molecule has 0 unspecified atom stereocenters. The fourth-order valence-electron chi connectivity index (χ4n) is 3.56. The maximum absolute atomic E-state index is 12.7. The smallest absolute Gasteiger partial charge is 0.224 e. The summed E-state index contributed by atoms with van der Waals surface area (Å²) in [4.78, 5) is 19.4. The molecule has 28 heavy (non-hydrogen) atoms. The summed E-state index contributed by atoms with van der Waals surface area (Å²) in [5, 5.41) is 1.34. The summed E-state index contributed by atoms with van der Waals surface area (Å²) in [6.45, 7) is 1.59. The molecule has 0 aromatic heterocycles. The van der Waals surface area contributed by atoms with Gasteiger partial charge in [0.05, 0.1) is 23.1 Å². The number of hydrogen-bond acceptors (Lipinski definition) is 2. The second-order valence-electron chi connectivity index (χ2n) is 6.71. The summed E-state index contributed by atoms with van der Waals surface area (Å²) in [5.74, 6) is -0.0278. The Bertz CT molecular complexity index is 1040. The lowest BCUT2D eigenvalue weighted by molar-refractivity contribution is -0.117. The van der Waals surface area contributed by atoms with Gasteiger partial charge < -0.3 is 4.90 Å². The number of halogens is 2. The van der Waals surface area contributed by atoms with Crippen molar-refractivity contribution in [3.63, 3.8) is 0 Å². The third-order valence-corrected chi connectivity index (χ3v) is 5.37. The number of amides is 1. The number of carbonyl (C=O) groups is 1. The Balaban J connectivity index is 1.89. The van der Waals surface area contributed by atoms with Gasteiger partial charge in [0.1, 0.15) is 0 Å². The minimum absolute atomic E-state index is 0.0278.